The smallest absolute Gasteiger partial charge is 0.272 e. The summed E-state index contributed by atoms with van der Waals surface area (Å²) in [4.78, 5) is 14.5. The van der Waals surface area contributed by atoms with Crippen molar-refractivity contribution in [2.45, 2.75) is 36.7 Å². The number of ether oxygens (including phenoxy) is 3. The van der Waals surface area contributed by atoms with E-state index in [0.29, 0.717) is 0 Å². The number of benzene rings is 2. The van der Waals surface area contributed by atoms with Crippen LogP contribution in [0.1, 0.15) is 17.9 Å². The maximum atomic E-state index is 13.8. The molecule has 2 fully saturated rings. The number of amides is 1. The molecule has 3 heterocycles. The lowest BCUT2D eigenvalue weighted by Gasteiger charge is -2.47. The van der Waals surface area contributed by atoms with Gasteiger partial charge >= 0.3 is 0 Å². The van der Waals surface area contributed by atoms with Crippen molar-refractivity contribution < 1.29 is 37.3 Å². The third-order valence-corrected chi connectivity index (χ3v) is 6.27. The topological polar surface area (TPSA) is 123 Å². The first kappa shape index (κ1) is 26.7. The average molecular weight is 547 g/mol. The molecule has 6 atom stereocenters. The highest BCUT2D eigenvalue weighted by atomic mass is 19.2. The maximum absolute atomic E-state index is 13.8. The van der Waals surface area contributed by atoms with Gasteiger partial charge in [0.05, 0.1) is 12.8 Å². The molecule has 2 saturated heterocycles. The van der Waals surface area contributed by atoms with E-state index in [1.807, 2.05) is 30.3 Å². The van der Waals surface area contributed by atoms with Gasteiger partial charge in [0, 0.05) is 25.2 Å². The van der Waals surface area contributed by atoms with Crippen molar-refractivity contribution in [2.24, 2.45) is 5.10 Å². The molecule has 2 N–H and O–H groups in total. The molecule has 0 radical (unpaired) electrons. The molecular weight excluding hydrogens is 521 g/mol. The molecule has 2 aliphatic rings. The van der Waals surface area contributed by atoms with Gasteiger partial charge in [0.2, 0.25) is 0 Å². The lowest BCUT2D eigenvalue weighted by molar-refractivity contribution is -0.312. The van der Waals surface area contributed by atoms with Crippen molar-refractivity contribution in [3.8, 4) is 11.3 Å². The molecule has 39 heavy (non-hydrogen) atoms. The molecule has 2 aromatic carbocycles. The van der Waals surface area contributed by atoms with Crippen LogP contribution in [-0.2, 0) is 19.0 Å². The first-order valence-corrected chi connectivity index (χ1v) is 11.9. The normalized spacial score (nSPS) is 26.8. The number of nitrogens with zero attached hydrogens (tertiary/aromatic N) is 5. The van der Waals surface area contributed by atoms with Crippen LogP contribution in [0.2, 0.25) is 0 Å². The molecule has 1 amide bonds. The summed E-state index contributed by atoms with van der Waals surface area (Å²) in [5.41, 5.74) is 2.98. The molecular formula is C25H25F3N6O5. The monoisotopic (exact) mass is 546 g/mol. The Bertz CT molecular complexity index is 1330. The number of hydrazone groups is 1. The van der Waals surface area contributed by atoms with Crippen molar-refractivity contribution in [1.82, 2.24) is 25.3 Å². The van der Waals surface area contributed by atoms with E-state index in [2.05, 4.69) is 20.8 Å². The third kappa shape index (κ3) is 5.49. The Morgan fingerprint density at radius 2 is 1.90 bits per heavy atom. The van der Waals surface area contributed by atoms with Gasteiger partial charge in [-0.1, -0.05) is 35.5 Å². The minimum absolute atomic E-state index is 0.00583. The summed E-state index contributed by atoms with van der Waals surface area (Å²) in [7, 11) is 3.42. The van der Waals surface area contributed by atoms with Crippen LogP contribution >= 0.6 is 0 Å². The van der Waals surface area contributed by atoms with Gasteiger partial charge in [-0.25, -0.2) is 23.3 Å². The van der Waals surface area contributed by atoms with Crippen LogP contribution in [0.3, 0.4) is 0 Å². The zero-order valence-corrected chi connectivity index (χ0v) is 20.8. The molecule has 0 spiro atoms. The van der Waals surface area contributed by atoms with Gasteiger partial charge in [0.15, 0.2) is 29.8 Å². The maximum Gasteiger partial charge on any atom is 0.272 e. The molecule has 3 aromatic rings. The number of aliphatic hydroxyl groups is 1. The second-order valence-corrected chi connectivity index (χ2v) is 9.27. The number of fused-ring (bicyclic) bond motifs is 1. The van der Waals surface area contributed by atoms with Crippen LogP contribution in [0.5, 0.6) is 0 Å². The van der Waals surface area contributed by atoms with Crippen molar-refractivity contribution >= 4 is 12.2 Å². The van der Waals surface area contributed by atoms with Crippen LogP contribution in [0.15, 0.2) is 53.8 Å². The van der Waals surface area contributed by atoms with Crippen molar-refractivity contribution in [2.75, 3.05) is 20.7 Å². The Balaban J connectivity index is 1.47. The molecule has 206 valence electrons. The molecule has 11 nitrogen and oxygen atoms in total. The zero-order chi connectivity index (χ0) is 27.7. The molecule has 5 rings (SSSR count). The van der Waals surface area contributed by atoms with Crippen molar-refractivity contribution in [3.63, 3.8) is 0 Å². The fourth-order valence-corrected chi connectivity index (χ4v) is 4.44. The third-order valence-electron chi connectivity index (χ3n) is 6.27. The van der Waals surface area contributed by atoms with Crippen LogP contribution in [0, 0.1) is 17.5 Å². The summed E-state index contributed by atoms with van der Waals surface area (Å²) in [6.07, 6.45) is -2.71. The molecule has 14 heteroatoms. The van der Waals surface area contributed by atoms with Gasteiger partial charge in [0.1, 0.15) is 36.4 Å². The predicted octanol–water partition coefficient (Wildman–Crippen LogP) is 1.77. The Hall–Kier alpha value is -3.85. The number of carbonyl (C=O) groups is 1. The highest BCUT2D eigenvalue weighted by Crippen LogP contribution is 2.39. The second-order valence-electron chi connectivity index (χ2n) is 9.27. The molecule has 0 bridgehead atoms. The minimum Gasteiger partial charge on any atom is -0.387 e. The van der Waals surface area contributed by atoms with Crippen molar-refractivity contribution in [1.29, 1.82) is 0 Å². The average Bonchev–Trinajstić information content (AvgIpc) is 3.41. The Morgan fingerprint density at radius 1 is 1.18 bits per heavy atom. The second kappa shape index (κ2) is 11.1. The Labute approximate surface area is 220 Å². The molecule has 1 unspecified atom stereocenters. The summed E-state index contributed by atoms with van der Waals surface area (Å²) in [5, 5.41) is 23.1. The van der Waals surface area contributed by atoms with E-state index in [9.17, 15) is 23.1 Å². The van der Waals surface area contributed by atoms with E-state index in [0.717, 1.165) is 17.7 Å². The van der Waals surface area contributed by atoms with E-state index < -0.39 is 60.1 Å². The van der Waals surface area contributed by atoms with Crippen LogP contribution in [0.25, 0.3) is 11.3 Å². The van der Waals surface area contributed by atoms with Gasteiger partial charge in [-0.2, -0.15) is 5.10 Å². The Morgan fingerprint density at radius 3 is 2.59 bits per heavy atom. The Kier molecular flexibility index (Phi) is 7.61. The summed E-state index contributed by atoms with van der Waals surface area (Å²) in [6.45, 7) is 0.0220. The highest BCUT2D eigenvalue weighted by Gasteiger charge is 2.53. The van der Waals surface area contributed by atoms with Gasteiger partial charge in [-0.15, -0.1) is 5.10 Å². The number of rotatable bonds is 6. The minimum atomic E-state index is -1.61. The van der Waals surface area contributed by atoms with E-state index >= 15 is 0 Å². The largest absolute Gasteiger partial charge is 0.387 e. The molecule has 0 saturated carbocycles. The van der Waals surface area contributed by atoms with Gasteiger partial charge in [-0.05, 0) is 12.1 Å². The summed E-state index contributed by atoms with van der Waals surface area (Å²) in [5.74, 6) is -5.11. The van der Waals surface area contributed by atoms with Crippen LogP contribution in [0.4, 0.5) is 13.2 Å². The van der Waals surface area contributed by atoms with Gasteiger partial charge in [-0.3, -0.25) is 4.79 Å². The van der Waals surface area contributed by atoms with Gasteiger partial charge < -0.3 is 24.2 Å². The number of hydrogen-bond donors (Lipinski definition) is 2. The number of aromatic nitrogens is 3. The first-order valence-electron chi connectivity index (χ1n) is 11.9. The fourth-order valence-electron chi connectivity index (χ4n) is 4.44. The van der Waals surface area contributed by atoms with Crippen LogP contribution in [-0.4, -0.2) is 82.4 Å². The number of nitrogens with one attached hydrogen (secondary N) is 1. The fraction of sp³-hybridized carbons (Fsp3) is 0.360. The number of aliphatic hydroxyl groups excluding tert-OH is 1. The molecule has 2 aliphatic heterocycles. The zero-order valence-electron chi connectivity index (χ0n) is 20.8. The van der Waals surface area contributed by atoms with Crippen molar-refractivity contribution in [3.05, 3.63) is 71.7 Å². The standard InChI is InChI=1S/C25H25F3N6O5/c1-33(2)12-29-31-24(36)23-21(35)20(22-18(38-23)11-37-25(39-22)13-6-4-3-5-7-13)34-10-17(30-32-34)14-8-15(26)19(28)16(27)9-14/h3-10,12,18,20-23,25,35H,11H2,1-2H3,(H,31,36)/b29-12+/t18-,20-,21-,22+,23-,25?/m1/s1. The van der Waals surface area contributed by atoms with E-state index in [1.165, 1.54) is 17.2 Å². The SMILES string of the molecule is CN(C)/C=N/NC(=O)[C@@H]1O[C@@H]2COC(c3ccccc3)O[C@@H]2[C@H](n2cc(-c3cc(F)c(F)c(F)c3)nn2)[C@H]1O. The lowest BCUT2D eigenvalue weighted by atomic mass is 9.91. The summed E-state index contributed by atoms with van der Waals surface area (Å²) >= 11 is 0. The predicted molar refractivity (Wildman–Crippen MR) is 129 cm³/mol. The van der Waals surface area contributed by atoms with Crippen LogP contribution < -0.4 is 5.43 Å². The van der Waals surface area contributed by atoms with E-state index in [1.54, 1.807) is 19.0 Å². The lowest BCUT2D eigenvalue weighted by Crippen LogP contribution is -2.62. The number of carbonyl (C=O) groups excluding carboxylic acids is 1. The van der Waals surface area contributed by atoms with Gasteiger partial charge in [0.25, 0.3) is 5.91 Å². The first-order chi connectivity index (χ1) is 18.7. The highest BCUT2D eigenvalue weighted by molar-refractivity contribution is 5.82. The summed E-state index contributed by atoms with van der Waals surface area (Å²) in [6, 6.07) is 9.62. The van der Waals surface area contributed by atoms with E-state index in [-0.39, 0.29) is 17.9 Å². The number of hydrogen-bond acceptors (Lipinski definition) is 8. The van der Waals surface area contributed by atoms with E-state index in [4.69, 9.17) is 14.2 Å². The molecule has 1 aromatic heterocycles. The molecule has 0 aliphatic carbocycles. The number of halogens is 3. The summed E-state index contributed by atoms with van der Waals surface area (Å²) < 4.78 is 60.3. The quantitative estimate of drug-likeness (QED) is 0.208.